The standard InChI is InChI=1S/C17H18N2O4S2/c20-17(24)12-10-14(18-25(21)22)16(23-13-6-2-1-3-7-13)15(11-12)19-8-4-5-9-19/h1-3,6-7,10-11,18H,4-5,8-9H2,(H,20,24)(H,21,22). The molecule has 0 radical (unpaired) electrons. The van der Waals surface area contributed by atoms with Crippen molar-refractivity contribution in [1.29, 1.82) is 0 Å². The van der Waals surface area contributed by atoms with Crippen molar-refractivity contribution in [3.8, 4) is 11.5 Å². The molecule has 2 aromatic rings. The Hall–Kier alpha value is -2.03. The summed E-state index contributed by atoms with van der Waals surface area (Å²) in [6.45, 7) is 1.66. The van der Waals surface area contributed by atoms with Crippen LogP contribution in [0.1, 0.15) is 23.2 Å². The van der Waals surface area contributed by atoms with E-state index in [2.05, 4.69) is 22.3 Å². The highest BCUT2D eigenvalue weighted by molar-refractivity contribution is 7.97. The first kappa shape index (κ1) is 17.8. The lowest BCUT2D eigenvalue weighted by molar-refractivity contribution is 0.109. The number of carbonyl (C=O) groups excluding carboxylic acids is 1. The zero-order valence-corrected chi connectivity index (χ0v) is 15.1. The van der Waals surface area contributed by atoms with Gasteiger partial charge >= 0.3 is 0 Å². The van der Waals surface area contributed by atoms with Gasteiger partial charge in [0.25, 0.3) is 11.3 Å². The van der Waals surface area contributed by atoms with E-state index < -0.39 is 16.4 Å². The molecule has 8 heteroatoms. The SMILES string of the molecule is O=C(S)c1cc(NS(=O)O)c(Oc2ccccc2)c(N2CCCC2)c1. The number of thiol groups is 1. The molecule has 1 saturated heterocycles. The predicted molar refractivity (Wildman–Crippen MR) is 102 cm³/mol. The minimum Gasteiger partial charge on any atom is -0.453 e. The van der Waals surface area contributed by atoms with Crippen LogP contribution in [0.2, 0.25) is 0 Å². The monoisotopic (exact) mass is 378 g/mol. The summed E-state index contributed by atoms with van der Waals surface area (Å²) in [4.78, 5) is 13.9. The second-order valence-corrected chi connectivity index (χ2v) is 6.75. The number of ether oxygens (including phenoxy) is 1. The maximum absolute atomic E-state index is 11.8. The van der Waals surface area contributed by atoms with Crippen LogP contribution in [0, 0.1) is 0 Å². The van der Waals surface area contributed by atoms with Crippen LogP contribution >= 0.6 is 12.6 Å². The number of anilines is 2. The summed E-state index contributed by atoms with van der Waals surface area (Å²) in [5.41, 5.74) is 1.30. The third-order valence-corrected chi connectivity index (χ3v) is 4.58. The second-order valence-electron chi connectivity index (χ2n) is 5.64. The number of hydrogen-bond donors (Lipinski definition) is 3. The van der Waals surface area contributed by atoms with E-state index in [4.69, 9.17) is 4.74 Å². The van der Waals surface area contributed by atoms with Crippen LogP contribution in [0.15, 0.2) is 42.5 Å². The lowest BCUT2D eigenvalue weighted by atomic mass is 10.1. The van der Waals surface area contributed by atoms with E-state index in [9.17, 15) is 13.6 Å². The zero-order chi connectivity index (χ0) is 17.8. The van der Waals surface area contributed by atoms with Crippen molar-refractivity contribution in [2.45, 2.75) is 12.8 Å². The molecule has 0 amide bonds. The molecule has 1 aliphatic heterocycles. The topological polar surface area (TPSA) is 78.9 Å². The fourth-order valence-corrected chi connectivity index (χ4v) is 3.28. The fraction of sp³-hybridized carbons (Fsp3) is 0.235. The molecule has 2 aromatic carbocycles. The largest absolute Gasteiger partial charge is 0.453 e. The van der Waals surface area contributed by atoms with Crippen LogP contribution in [0.25, 0.3) is 0 Å². The van der Waals surface area contributed by atoms with Crippen LogP contribution in [-0.2, 0) is 11.3 Å². The summed E-state index contributed by atoms with van der Waals surface area (Å²) in [6, 6.07) is 12.3. The molecule has 2 N–H and O–H groups in total. The number of rotatable bonds is 6. The maximum atomic E-state index is 11.8. The first-order valence-electron chi connectivity index (χ1n) is 7.81. The zero-order valence-electron chi connectivity index (χ0n) is 13.3. The predicted octanol–water partition coefficient (Wildman–Crippen LogP) is 3.70. The van der Waals surface area contributed by atoms with Gasteiger partial charge in [-0.15, -0.1) is 12.6 Å². The summed E-state index contributed by atoms with van der Waals surface area (Å²) >= 11 is 1.58. The number of hydrogen-bond acceptors (Lipinski definition) is 4. The summed E-state index contributed by atoms with van der Waals surface area (Å²) < 4.78 is 29.0. The van der Waals surface area contributed by atoms with Gasteiger partial charge in [-0.3, -0.25) is 14.1 Å². The maximum Gasteiger partial charge on any atom is 0.259 e. The molecule has 1 aliphatic rings. The fourth-order valence-electron chi connectivity index (χ4n) is 2.81. The van der Waals surface area contributed by atoms with Crippen LogP contribution < -0.4 is 14.4 Å². The Morgan fingerprint density at radius 3 is 2.48 bits per heavy atom. The minimum atomic E-state index is -2.30. The summed E-state index contributed by atoms with van der Waals surface area (Å²) in [5, 5.41) is -0.418. The molecule has 3 rings (SSSR count). The Labute approximate surface area is 154 Å². The lowest BCUT2D eigenvalue weighted by Gasteiger charge is -2.24. The number of nitrogens with one attached hydrogen (secondary N) is 1. The van der Waals surface area contributed by atoms with Crippen molar-refractivity contribution in [2.75, 3.05) is 22.7 Å². The molecule has 0 saturated carbocycles. The van der Waals surface area contributed by atoms with Gasteiger partial charge in [-0.05, 0) is 37.1 Å². The van der Waals surface area contributed by atoms with Crippen LogP contribution in [0.3, 0.4) is 0 Å². The second kappa shape index (κ2) is 7.90. The van der Waals surface area contributed by atoms with E-state index in [-0.39, 0.29) is 5.69 Å². The molecule has 1 heterocycles. The summed E-state index contributed by atoms with van der Waals surface area (Å²) in [6.07, 6.45) is 2.08. The third kappa shape index (κ3) is 4.33. The Morgan fingerprint density at radius 2 is 1.88 bits per heavy atom. The molecule has 0 spiro atoms. The highest BCUT2D eigenvalue weighted by Crippen LogP contribution is 2.42. The molecule has 6 nitrogen and oxygen atoms in total. The van der Waals surface area contributed by atoms with E-state index in [1.165, 1.54) is 6.07 Å². The van der Waals surface area contributed by atoms with Crippen molar-refractivity contribution in [3.05, 3.63) is 48.0 Å². The van der Waals surface area contributed by atoms with Crippen LogP contribution in [0.5, 0.6) is 11.5 Å². The van der Waals surface area contributed by atoms with Gasteiger partial charge in [-0.25, -0.2) is 4.21 Å². The van der Waals surface area contributed by atoms with E-state index >= 15 is 0 Å². The Morgan fingerprint density at radius 1 is 1.20 bits per heavy atom. The van der Waals surface area contributed by atoms with Gasteiger partial charge in [-0.2, -0.15) is 0 Å². The Kier molecular flexibility index (Phi) is 5.62. The van der Waals surface area contributed by atoms with Crippen molar-refractivity contribution < 1.29 is 18.3 Å². The van der Waals surface area contributed by atoms with Gasteiger partial charge in [0, 0.05) is 18.7 Å². The number of para-hydroxylation sites is 1. The smallest absolute Gasteiger partial charge is 0.259 e. The van der Waals surface area contributed by atoms with Crippen molar-refractivity contribution in [2.24, 2.45) is 0 Å². The third-order valence-electron chi connectivity index (χ3n) is 3.92. The Balaban J connectivity index is 2.12. The molecule has 0 bridgehead atoms. The molecular weight excluding hydrogens is 360 g/mol. The van der Waals surface area contributed by atoms with Gasteiger partial charge in [0.15, 0.2) is 5.75 Å². The molecule has 25 heavy (non-hydrogen) atoms. The molecule has 1 atom stereocenters. The number of carbonyl (C=O) groups is 1. The van der Waals surface area contributed by atoms with Crippen LogP contribution in [-0.4, -0.2) is 27.0 Å². The van der Waals surface area contributed by atoms with Crippen molar-refractivity contribution in [3.63, 3.8) is 0 Å². The summed E-state index contributed by atoms with van der Waals surface area (Å²) in [5.74, 6) is 1.01. The molecular formula is C17H18N2O4S2. The molecule has 1 unspecified atom stereocenters. The average Bonchev–Trinajstić information content (AvgIpc) is 3.11. The lowest BCUT2D eigenvalue weighted by Crippen LogP contribution is -2.19. The van der Waals surface area contributed by atoms with Gasteiger partial charge in [-0.1, -0.05) is 18.2 Å². The quantitative estimate of drug-likeness (QED) is 0.528. The van der Waals surface area contributed by atoms with E-state index in [0.29, 0.717) is 22.7 Å². The number of benzene rings is 2. The van der Waals surface area contributed by atoms with Crippen LogP contribution in [0.4, 0.5) is 11.4 Å². The highest BCUT2D eigenvalue weighted by atomic mass is 32.2. The van der Waals surface area contributed by atoms with E-state index in [1.807, 2.05) is 18.2 Å². The van der Waals surface area contributed by atoms with Gasteiger partial charge in [0.05, 0.1) is 11.4 Å². The normalized spacial score (nSPS) is 15.0. The van der Waals surface area contributed by atoms with E-state index in [1.54, 1.807) is 18.2 Å². The average molecular weight is 378 g/mol. The highest BCUT2D eigenvalue weighted by Gasteiger charge is 2.23. The number of nitrogens with zero attached hydrogens (tertiary/aromatic N) is 1. The van der Waals surface area contributed by atoms with E-state index in [0.717, 1.165) is 25.9 Å². The molecule has 132 valence electrons. The Bertz CT molecular complexity index is 793. The molecule has 0 aliphatic carbocycles. The molecule has 1 fully saturated rings. The van der Waals surface area contributed by atoms with Gasteiger partial charge < -0.3 is 9.64 Å². The minimum absolute atomic E-state index is 0.270. The van der Waals surface area contributed by atoms with Gasteiger partial charge in [0.2, 0.25) is 5.12 Å². The first-order chi connectivity index (χ1) is 12.0. The first-order valence-corrected chi connectivity index (χ1v) is 9.36. The summed E-state index contributed by atoms with van der Waals surface area (Å²) in [7, 11) is 0. The van der Waals surface area contributed by atoms with Crippen molar-refractivity contribution in [1.82, 2.24) is 0 Å². The molecule has 0 aromatic heterocycles. The van der Waals surface area contributed by atoms with Gasteiger partial charge in [0.1, 0.15) is 5.75 Å². The van der Waals surface area contributed by atoms with Crippen molar-refractivity contribution >= 4 is 40.4 Å².